The fourth-order valence-electron chi connectivity index (χ4n) is 1.98. The summed E-state index contributed by atoms with van der Waals surface area (Å²) in [6.07, 6.45) is 1.92. The molecule has 0 unspecified atom stereocenters. The van der Waals surface area contributed by atoms with E-state index in [2.05, 4.69) is 0 Å². The van der Waals surface area contributed by atoms with E-state index < -0.39 is 15.6 Å². The van der Waals surface area contributed by atoms with Crippen LogP contribution >= 0.6 is 0 Å². The van der Waals surface area contributed by atoms with E-state index in [9.17, 15) is 13.2 Å². The number of anilines is 1. The van der Waals surface area contributed by atoms with E-state index in [0.717, 1.165) is 12.8 Å². The van der Waals surface area contributed by atoms with Gasteiger partial charge in [-0.25, -0.2) is 8.42 Å². The van der Waals surface area contributed by atoms with E-state index in [1.165, 1.54) is 11.0 Å². The normalized spacial score (nSPS) is 15.3. The van der Waals surface area contributed by atoms with Crippen molar-refractivity contribution >= 4 is 21.4 Å². The third-order valence-electron chi connectivity index (χ3n) is 3.46. The van der Waals surface area contributed by atoms with Crippen LogP contribution in [0.3, 0.4) is 0 Å². The summed E-state index contributed by atoms with van der Waals surface area (Å²) in [5.74, 6) is -0.853. The Labute approximate surface area is 113 Å². The van der Waals surface area contributed by atoms with Gasteiger partial charge in [-0.05, 0) is 37.5 Å². The predicted molar refractivity (Wildman–Crippen MR) is 73.4 cm³/mol. The van der Waals surface area contributed by atoms with Crippen molar-refractivity contribution in [3.63, 3.8) is 0 Å². The summed E-state index contributed by atoms with van der Waals surface area (Å²) in [5.41, 5.74) is 6.63. The number of nitrogen functional groups attached to an aromatic ring is 1. The van der Waals surface area contributed by atoms with Crippen molar-refractivity contribution in [2.75, 3.05) is 18.5 Å². The highest BCUT2D eigenvalue weighted by atomic mass is 32.2. The first-order valence-electron chi connectivity index (χ1n) is 6.16. The lowest BCUT2D eigenvalue weighted by atomic mass is 10.2. The zero-order chi connectivity index (χ0) is 14.2. The molecule has 0 radical (unpaired) electrons. The Hall–Kier alpha value is -1.56. The molecule has 1 aliphatic carbocycles. The highest BCUT2D eigenvalue weighted by molar-refractivity contribution is 7.92. The minimum atomic E-state index is -3.63. The first kappa shape index (κ1) is 13.9. The average Bonchev–Trinajstić information content (AvgIpc) is 3.14. The van der Waals surface area contributed by atoms with Crippen LogP contribution in [-0.4, -0.2) is 38.1 Å². The van der Waals surface area contributed by atoms with Crippen LogP contribution in [0.5, 0.6) is 0 Å². The third kappa shape index (κ3) is 2.89. The second-order valence-corrected chi connectivity index (χ2v) is 6.92. The second kappa shape index (κ2) is 4.85. The average molecular weight is 282 g/mol. The highest BCUT2D eigenvalue weighted by Gasteiger charge is 2.32. The smallest absolute Gasteiger partial charge is 0.238 e. The number of carbonyl (C=O) groups excluding carboxylic acids is 1. The summed E-state index contributed by atoms with van der Waals surface area (Å²) in [4.78, 5) is 13.6. The maximum absolute atomic E-state index is 12.3. The van der Waals surface area contributed by atoms with Crippen LogP contribution in [0.4, 0.5) is 5.69 Å². The van der Waals surface area contributed by atoms with E-state index >= 15 is 0 Å². The molecule has 0 aromatic heterocycles. The minimum absolute atomic E-state index is 0.144. The third-order valence-corrected chi connectivity index (χ3v) is 5.20. The molecule has 1 aromatic rings. The molecule has 19 heavy (non-hydrogen) atoms. The lowest BCUT2D eigenvalue weighted by Gasteiger charge is -2.17. The number of hydrogen-bond donors (Lipinski definition) is 1. The van der Waals surface area contributed by atoms with E-state index in [4.69, 9.17) is 5.73 Å². The number of rotatable bonds is 4. The van der Waals surface area contributed by atoms with Crippen LogP contribution in [0.1, 0.15) is 18.4 Å². The van der Waals surface area contributed by atoms with Gasteiger partial charge in [0, 0.05) is 18.8 Å². The zero-order valence-corrected chi connectivity index (χ0v) is 11.9. The van der Waals surface area contributed by atoms with Crippen molar-refractivity contribution in [1.29, 1.82) is 0 Å². The molecule has 0 bridgehead atoms. The molecule has 1 saturated carbocycles. The Bertz CT molecular complexity index is 606. The number of nitrogens with zero attached hydrogens (tertiary/aromatic N) is 1. The van der Waals surface area contributed by atoms with Crippen LogP contribution in [0.2, 0.25) is 0 Å². The number of amides is 1. The van der Waals surface area contributed by atoms with E-state index in [1.54, 1.807) is 26.1 Å². The van der Waals surface area contributed by atoms with Crippen molar-refractivity contribution in [2.45, 2.75) is 30.7 Å². The Morgan fingerprint density at radius 1 is 1.42 bits per heavy atom. The van der Waals surface area contributed by atoms with Crippen molar-refractivity contribution < 1.29 is 13.2 Å². The van der Waals surface area contributed by atoms with Gasteiger partial charge in [0.1, 0.15) is 5.75 Å². The Morgan fingerprint density at radius 3 is 2.63 bits per heavy atom. The summed E-state index contributed by atoms with van der Waals surface area (Å²) in [6, 6.07) is 4.94. The van der Waals surface area contributed by atoms with Gasteiger partial charge in [-0.2, -0.15) is 0 Å². The topological polar surface area (TPSA) is 80.5 Å². The van der Waals surface area contributed by atoms with Crippen LogP contribution < -0.4 is 5.73 Å². The van der Waals surface area contributed by atoms with Crippen molar-refractivity contribution in [1.82, 2.24) is 4.90 Å². The molecular formula is C13H18N2O3S. The fraction of sp³-hybridized carbons (Fsp3) is 0.462. The van der Waals surface area contributed by atoms with E-state index in [1.807, 2.05) is 0 Å². The van der Waals surface area contributed by atoms with Gasteiger partial charge in [-0.15, -0.1) is 0 Å². The number of benzene rings is 1. The van der Waals surface area contributed by atoms with E-state index in [0.29, 0.717) is 11.3 Å². The SMILES string of the molecule is Cc1c(N)cccc1S(=O)(=O)CC(=O)N(C)C1CC1. The van der Waals surface area contributed by atoms with Gasteiger partial charge in [0.05, 0.1) is 4.90 Å². The molecule has 1 aromatic carbocycles. The molecular weight excluding hydrogens is 264 g/mol. The summed E-state index contributed by atoms with van der Waals surface area (Å²) in [6.45, 7) is 1.65. The van der Waals surface area contributed by atoms with Crippen LogP contribution in [-0.2, 0) is 14.6 Å². The largest absolute Gasteiger partial charge is 0.398 e. The van der Waals surface area contributed by atoms with E-state index in [-0.39, 0.29) is 16.8 Å². The Balaban J connectivity index is 2.22. The summed E-state index contributed by atoms with van der Waals surface area (Å²) in [5, 5.41) is 0. The molecule has 104 valence electrons. The molecule has 6 heteroatoms. The van der Waals surface area contributed by atoms with Gasteiger partial charge in [0.25, 0.3) is 0 Å². The summed E-state index contributed by atoms with van der Waals surface area (Å²) >= 11 is 0. The Morgan fingerprint density at radius 2 is 2.05 bits per heavy atom. The Kier molecular flexibility index (Phi) is 3.54. The van der Waals surface area contributed by atoms with Crippen LogP contribution in [0.25, 0.3) is 0 Å². The molecule has 0 aliphatic heterocycles. The lowest BCUT2D eigenvalue weighted by molar-refractivity contribution is -0.127. The molecule has 1 aliphatic rings. The molecule has 1 fully saturated rings. The van der Waals surface area contributed by atoms with Crippen LogP contribution in [0.15, 0.2) is 23.1 Å². The molecule has 2 rings (SSSR count). The zero-order valence-electron chi connectivity index (χ0n) is 11.1. The van der Waals surface area contributed by atoms with Crippen LogP contribution in [0, 0.1) is 6.92 Å². The number of carbonyl (C=O) groups is 1. The number of nitrogens with two attached hydrogens (primary N) is 1. The monoisotopic (exact) mass is 282 g/mol. The van der Waals surface area contributed by atoms with Crippen molar-refractivity contribution in [2.24, 2.45) is 0 Å². The second-order valence-electron chi connectivity index (χ2n) is 4.97. The predicted octanol–water partition coefficient (Wildman–Crippen LogP) is 0.972. The highest BCUT2D eigenvalue weighted by Crippen LogP contribution is 2.26. The number of hydrogen-bond acceptors (Lipinski definition) is 4. The first-order valence-corrected chi connectivity index (χ1v) is 7.81. The summed E-state index contributed by atoms with van der Waals surface area (Å²) in [7, 11) is -1.98. The maximum Gasteiger partial charge on any atom is 0.238 e. The molecule has 5 nitrogen and oxygen atoms in total. The van der Waals surface area contributed by atoms with Gasteiger partial charge >= 0.3 is 0 Å². The molecule has 0 atom stereocenters. The summed E-state index contributed by atoms with van der Waals surface area (Å²) < 4.78 is 24.5. The van der Waals surface area contributed by atoms with Crippen molar-refractivity contribution in [3.8, 4) is 0 Å². The quantitative estimate of drug-likeness (QED) is 0.834. The molecule has 1 amide bonds. The van der Waals surface area contributed by atoms with Crippen molar-refractivity contribution in [3.05, 3.63) is 23.8 Å². The van der Waals surface area contributed by atoms with Gasteiger partial charge in [0.2, 0.25) is 5.91 Å². The minimum Gasteiger partial charge on any atom is -0.398 e. The molecule has 2 N–H and O–H groups in total. The lowest BCUT2D eigenvalue weighted by Crippen LogP contribution is -2.34. The van der Waals surface area contributed by atoms with Gasteiger partial charge in [0.15, 0.2) is 9.84 Å². The molecule has 0 heterocycles. The first-order chi connectivity index (χ1) is 8.83. The fourth-order valence-corrected chi connectivity index (χ4v) is 3.53. The molecule has 0 spiro atoms. The number of sulfone groups is 1. The van der Waals surface area contributed by atoms with Gasteiger partial charge in [-0.1, -0.05) is 6.07 Å². The van der Waals surface area contributed by atoms with Gasteiger partial charge in [-0.3, -0.25) is 4.79 Å². The maximum atomic E-state index is 12.3. The standard InChI is InChI=1S/C13H18N2O3S/c1-9-11(14)4-3-5-12(9)19(17,18)8-13(16)15(2)10-6-7-10/h3-5,10H,6-8,14H2,1-2H3. The van der Waals surface area contributed by atoms with Gasteiger partial charge < -0.3 is 10.6 Å². The molecule has 0 saturated heterocycles.